The van der Waals surface area contributed by atoms with Gasteiger partial charge in [0.2, 0.25) is 5.91 Å². The first-order valence-corrected chi connectivity index (χ1v) is 10.7. The number of hydrogen-bond acceptors (Lipinski definition) is 3. The summed E-state index contributed by atoms with van der Waals surface area (Å²) in [6, 6.07) is 15.1. The zero-order valence-corrected chi connectivity index (χ0v) is 18.8. The van der Waals surface area contributed by atoms with Crippen molar-refractivity contribution in [2.75, 3.05) is 13.2 Å². The molecule has 30 heavy (non-hydrogen) atoms. The van der Waals surface area contributed by atoms with Crippen LogP contribution in [0.5, 0.6) is 5.75 Å². The highest BCUT2D eigenvalue weighted by molar-refractivity contribution is 5.88. The Bertz CT molecular complexity index is 848. The van der Waals surface area contributed by atoms with Crippen LogP contribution in [0.1, 0.15) is 56.7 Å². The highest BCUT2D eigenvalue weighted by Gasteiger charge is 2.26. The molecular formula is C25H34N2O3. The largest absolute Gasteiger partial charge is 0.483 e. The van der Waals surface area contributed by atoms with Gasteiger partial charge in [0.1, 0.15) is 11.8 Å². The lowest BCUT2D eigenvalue weighted by molar-refractivity contribution is -0.142. The third-order valence-electron chi connectivity index (χ3n) is 5.04. The third-order valence-corrected chi connectivity index (χ3v) is 5.04. The predicted octanol–water partition coefficient (Wildman–Crippen LogP) is 4.44. The maximum absolute atomic E-state index is 13.1. The average molecular weight is 411 g/mol. The lowest BCUT2D eigenvalue weighted by Gasteiger charge is -2.29. The van der Waals surface area contributed by atoms with Crippen LogP contribution in [0, 0.1) is 6.92 Å². The Labute approximate surface area is 180 Å². The Morgan fingerprint density at radius 2 is 1.80 bits per heavy atom. The molecule has 2 amide bonds. The molecule has 1 unspecified atom stereocenters. The number of nitrogens with one attached hydrogen (secondary N) is 1. The Morgan fingerprint density at radius 1 is 1.07 bits per heavy atom. The van der Waals surface area contributed by atoms with E-state index in [1.807, 2.05) is 62.4 Å². The second-order valence-electron chi connectivity index (χ2n) is 7.96. The van der Waals surface area contributed by atoms with E-state index in [0.29, 0.717) is 24.8 Å². The topological polar surface area (TPSA) is 58.6 Å². The van der Waals surface area contributed by atoms with Crippen molar-refractivity contribution >= 4 is 11.8 Å². The minimum absolute atomic E-state index is 0.110. The van der Waals surface area contributed by atoms with Crippen LogP contribution in [0.15, 0.2) is 48.5 Å². The molecule has 5 heteroatoms. The fraction of sp³-hybridized carbons (Fsp3) is 0.440. The van der Waals surface area contributed by atoms with Crippen LogP contribution in [-0.4, -0.2) is 35.9 Å². The van der Waals surface area contributed by atoms with Gasteiger partial charge >= 0.3 is 0 Å². The maximum Gasteiger partial charge on any atom is 0.261 e. The summed E-state index contributed by atoms with van der Waals surface area (Å²) >= 11 is 0. The molecule has 0 radical (unpaired) electrons. The van der Waals surface area contributed by atoms with Gasteiger partial charge in [-0.25, -0.2) is 0 Å². The molecule has 5 nitrogen and oxygen atoms in total. The highest BCUT2D eigenvalue weighted by atomic mass is 16.5. The summed E-state index contributed by atoms with van der Waals surface area (Å²) in [6.45, 7) is 10.8. The van der Waals surface area contributed by atoms with E-state index < -0.39 is 6.04 Å². The molecule has 0 saturated heterocycles. The van der Waals surface area contributed by atoms with Gasteiger partial charge in [-0.05, 0) is 43.4 Å². The minimum Gasteiger partial charge on any atom is -0.483 e. The van der Waals surface area contributed by atoms with Crippen LogP contribution in [0.2, 0.25) is 0 Å². The van der Waals surface area contributed by atoms with Crippen molar-refractivity contribution in [3.63, 3.8) is 0 Å². The van der Waals surface area contributed by atoms with Crippen LogP contribution >= 0.6 is 0 Å². The summed E-state index contributed by atoms with van der Waals surface area (Å²) in [5.41, 5.74) is 3.16. The van der Waals surface area contributed by atoms with E-state index in [-0.39, 0.29) is 18.4 Å². The number of hydrogen-bond donors (Lipinski definition) is 1. The number of amides is 2. The quantitative estimate of drug-likeness (QED) is 0.630. The predicted molar refractivity (Wildman–Crippen MR) is 121 cm³/mol. The van der Waals surface area contributed by atoms with Crippen LogP contribution in [0.3, 0.4) is 0 Å². The SMILES string of the molecule is CCCNC(=O)C(C)N(Cc1cccc(C)c1)C(=O)COc1ccccc1C(C)C. The Morgan fingerprint density at radius 3 is 2.47 bits per heavy atom. The van der Waals surface area contributed by atoms with Crippen molar-refractivity contribution < 1.29 is 14.3 Å². The van der Waals surface area contributed by atoms with Crippen LogP contribution < -0.4 is 10.1 Å². The minimum atomic E-state index is -0.589. The molecule has 0 heterocycles. The summed E-state index contributed by atoms with van der Waals surface area (Å²) in [4.78, 5) is 27.3. The molecule has 0 aromatic heterocycles. The summed E-state index contributed by atoms with van der Waals surface area (Å²) in [5.74, 6) is 0.632. The molecule has 2 rings (SSSR count). The van der Waals surface area contributed by atoms with E-state index in [2.05, 4.69) is 19.2 Å². The number of nitrogens with zero attached hydrogens (tertiary/aromatic N) is 1. The number of carbonyl (C=O) groups is 2. The van der Waals surface area contributed by atoms with Crippen molar-refractivity contribution in [3.05, 3.63) is 65.2 Å². The van der Waals surface area contributed by atoms with Gasteiger partial charge in [-0.3, -0.25) is 9.59 Å². The average Bonchev–Trinajstić information content (AvgIpc) is 2.73. The summed E-state index contributed by atoms with van der Waals surface area (Å²) in [5, 5.41) is 2.89. The molecule has 2 aromatic rings. The molecule has 1 atom stereocenters. The van der Waals surface area contributed by atoms with Gasteiger partial charge in [0, 0.05) is 13.1 Å². The number of carbonyl (C=O) groups excluding carboxylic acids is 2. The van der Waals surface area contributed by atoms with Crippen LogP contribution in [0.25, 0.3) is 0 Å². The summed E-state index contributed by atoms with van der Waals surface area (Å²) < 4.78 is 5.89. The Kier molecular flexibility index (Phi) is 8.90. The van der Waals surface area contributed by atoms with E-state index >= 15 is 0 Å². The maximum atomic E-state index is 13.1. The molecule has 0 saturated carbocycles. The Hall–Kier alpha value is -2.82. The van der Waals surface area contributed by atoms with E-state index in [4.69, 9.17) is 4.74 Å². The number of ether oxygens (including phenoxy) is 1. The first kappa shape index (κ1) is 23.5. The first-order valence-electron chi connectivity index (χ1n) is 10.7. The second-order valence-corrected chi connectivity index (χ2v) is 7.96. The van der Waals surface area contributed by atoms with Crippen molar-refractivity contribution in [2.45, 2.75) is 59.5 Å². The lowest BCUT2D eigenvalue weighted by Crippen LogP contribution is -2.49. The number of rotatable bonds is 10. The van der Waals surface area contributed by atoms with Crippen LogP contribution in [0.4, 0.5) is 0 Å². The fourth-order valence-corrected chi connectivity index (χ4v) is 3.30. The molecule has 0 bridgehead atoms. The molecule has 0 aliphatic carbocycles. The van der Waals surface area contributed by atoms with Gasteiger partial charge in [0.15, 0.2) is 6.61 Å². The summed E-state index contributed by atoms with van der Waals surface area (Å²) in [6.07, 6.45) is 0.847. The van der Waals surface area contributed by atoms with E-state index in [0.717, 1.165) is 23.1 Å². The molecule has 0 aliphatic rings. The molecule has 1 N–H and O–H groups in total. The molecular weight excluding hydrogens is 376 g/mol. The Balaban J connectivity index is 2.18. The smallest absolute Gasteiger partial charge is 0.261 e. The zero-order valence-electron chi connectivity index (χ0n) is 18.8. The molecule has 0 spiro atoms. The van der Waals surface area contributed by atoms with Crippen molar-refractivity contribution in [2.24, 2.45) is 0 Å². The van der Waals surface area contributed by atoms with Gasteiger partial charge in [-0.15, -0.1) is 0 Å². The van der Waals surface area contributed by atoms with Crippen LogP contribution in [-0.2, 0) is 16.1 Å². The van der Waals surface area contributed by atoms with Gasteiger partial charge in [0.05, 0.1) is 0 Å². The monoisotopic (exact) mass is 410 g/mol. The zero-order chi connectivity index (χ0) is 22.1. The first-order chi connectivity index (χ1) is 14.3. The molecule has 162 valence electrons. The molecule has 0 aliphatic heterocycles. The number of aryl methyl sites for hydroxylation is 1. The van der Waals surface area contributed by atoms with Gasteiger partial charge in [-0.1, -0.05) is 68.8 Å². The van der Waals surface area contributed by atoms with E-state index in [9.17, 15) is 9.59 Å². The van der Waals surface area contributed by atoms with Crippen molar-refractivity contribution in [1.29, 1.82) is 0 Å². The summed E-state index contributed by atoms with van der Waals surface area (Å²) in [7, 11) is 0. The number of benzene rings is 2. The van der Waals surface area contributed by atoms with Gasteiger partial charge < -0.3 is 15.0 Å². The van der Waals surface area contributed by atoms with Crippen molar-refractivity contribution in [1.82, 2.24) is 10.2 Å². The normalized spacial score (nSPS) is 11.8. The van der Waals surface area contributed by atoms with Gasteiger partial charge in [-0.2, -0.15) is 0 Å². The van der Waals surface area contributed by atoms with Gasteiger partial charge in [0.25, 0.3) is 5.91 Å². The molecule has 0 fully saturated rings. The second kappa shape index (κ2) is 11.4. The fourth-order valence-electron chi connectivity index (χ4n) is 3.30. The lowest BCUT2D eigenvalue weighted by atomic mass is 10.0. The third kappa shape index (κ3) is 6.61. The van der Waals surface area contributed by atoms with E-state index in [1.165, 1.54) is 0 Å². The van der Waals surface area contributed by atoms with Crippen molar-refractivity contribution in [3.8, 4) is 5.75 Å². The highest BCUT2D eigenvalue weighted by Crippen LogP contribution is 2.26. The molecule has 2 aromatic carbocycles. The number of para-hydroxylation sites is 1. The van der Waals surface area contributed by atoms with E-state index in [1.54, 1.807) is 11.8 Å². The standard InChI is InChI=1S/C25H34N2O3/c1-6-14-26-25(29)20(5)27(16-21-11-9-10-19(4)15-21)24(28)17-30-23-13-8-7-12-22(23)18(2)3/h7-13,15,18,20H,6,14,16-17H2,1-5H3,(H,26,29).